The zero-order valence-corrected chi connectivity index (χ0v) is 11.8. The first kappa shape index (κ1) is 13.3. The smallest absolute Gasteiger partial charge is 0.296 e. The molecule has 3 aromatic heterocycles. The number of rotatable bonds is 2. The van der Waals surface area contributed by atoms with Gasteiger partial charge in [0.25, 0.3) is 5.82 Å². The van der Waals surface area contributed by atoms with Crippen LogP contribution in [0, 0.1) is 6.57 Å². The molecule has 3 rings (SSSR count). The van der Waals surface area contributed by atoms with Gasteiger partial charge < -0.3 is 4.85 Å². The lowest BCUT2D eigenvalue weighted by Crippen LogP contribution is -2.03. The summed E-state index contributed by atoms with van der Waals surface area (Å²) in [5.41, 5.74) is 2.36. The Hall–Kier alpha value is -2.71. The molecule has 0 saturated heterocycles. The SMILES string of the molecule is [C-]#[N+]c1ncn2c(-c3cccnc3)c(C(C)=O)cc(Cl)c12. The molecule has 0 unspecified atom stereocenters. The molecule has 0 atom stereocenters. The minimum Gasteiger partial charge on any atom is -0.359 e. The monoisotopic (exact) mass is 296 g/mol. The number of Topliss-reactive ketones (excluding diaryl/α,β-unsaturated/α-hetero) is 1. The number of carbonyl (C=O) groups excluding carboxylic acids is 1. The molecule has 0 aliphatic heterocycles. The molecular weight excluding hydrogens is 288 g/mol. The number of nitrogens with zero attached hydrogens (tertiary/aromatic N) is 4. The topological polar surface area (TPSA) is 51.6 Å². The van der Waals surface area contributed by atoms with Crippen molar-refractivity contribution in [3.05, 3.63) is 58.9 Å². The van der Waals surface area contributed by atoms with Crippen molar-refractivity contribution in [1.82, 2.24) is 14.4 Å². The maximum absolute atomic E-state index is 11.9. The van der Waals surface area contributed by atoms with Crippen LogP contribution in [-0.2, 0) is 0 Å². The highest BCUT2D eigenvalue weighted by Gasteiger charge is 2.19. The number of fused-ring (bicyclic) bond motifs is 1. The quantitative estimate of drug-likeness (QED) is 0.534. The maximum atomic E-state index is 11.9. The summed E-state index contributed by atoms with van der Waals surface area (Å²) in [6.07, 6.45) is 4.82. The Morgan fingerprint density at radius 1 is 1.48 bits per heavy atom. The number of carbonyl (C=O) groups is 1. The predicted molar refractivity (Wildman–Crippen MR) is 79.7 cm³/mol. The molecule has 3 aromatic rings. The normalized spacial score (nSPS) is 10.5. The standard InChI is InChI=1S/C15H9ClN4O/c1-9(21)11-6-12(16)14-15(17-2)19-8-20(14)13(11)10-4-3-5-18-7-10/h3-8H,1H3. The van der Waals surface area contributed by atoms with Crippen molar-refractivity contribution in [1.29, 1.82) is 0 Å². The average molecular weight is 297 g/mol. The van der Waals surface area contributed by atoms with Crippen LogP contribution >= 0.6 is 11.6 Å². The Kier molecular flexibility index (Phi) is 3.16. The fourth-order valence-corrected chi connectivity index (χ4v) is 2.56. The second kappa shape index (κ2) is 5.00. The van der Waals surface area contributed by atoms with E-state index in [9.17, 15) is 4.79 Å². The summed E-state index contributed by atoms with van der Waals surface area (Å²) < 4.78 is 1.67. The Bertz CT molecular complexity index is 893. The minimum absolute atomic E-state index is 0.115. The third-order valence-electron chi connectivity index (χ3n) is 3.16. The summed E-state index contributed by atoms with van der Waals surface area (Å²) in [5, 5.41) is 0.330. The van der Waals surface area contributed by atoms with E-state index in [-0.39, 0.29) is 11.6 Å². The molecule has 6 heteroatoms. The lowest BCUT2D eigenvalue weighted by molar-refractivity contribution is 0.101. The molecule has 0 aliphatic rings. The number of aromatic nitrogens is 3. The average Bonchev–Trinajstić information content (AvgIpc) is 2.92. The lowest BCUT2D eigenvalue weighted by atomic mass is 10.0. The molecule has 0 spiro atoms. The zero-order chi connectivity index (χ0) is 15.0. The Morgan fingerprint density at radius 2 is 2.29 bits per heavy atom. The lowest BCUT2D eigenvalue weighted by Gasteiger charge is -2.11. The molecule has 0 amide bonds. The second-order valence-electron chi connectivity index (χ2n) is 4.45. The van der Waals surface area contributed by atoms with E-state index in [0.29, 0.717) is 21.8 Å². The Balaban J connectivity index is 2.49. The summed E-state index contributed by atoms with van der Waals surface area (Å²) in [6.45, 7) is 8.64. The highest BCUT2D eigenvalue weighted by atomic mass is 35.5. The van der Waals surface area contributed by atoms with Crippen molar-refractivity contribution in [2.45, 2.75) is 6.92 Å². The van der Waals surface area contributed by atoms with Gasteiger partial charge in [0.15, 0.2) is 12.1 Å². The van der Waals surface area contributed by atoms with Gasteiger partial charge in [-0.1, -0.05) is 18.2 Å². The van der Waals surface area contributed by atoms with Crippen LogP contribution in [-0.4, -0.2) is 20.2 Å². The number of imidazole rings is 1. The van der Waals surface area contributed by atoms with Crippen molar-refractivity contribution < 1.29 is 4.79 Å². The summed E-state index contributed by atoms with van der Waals surface area (Å²) in [4.78, 5) is 23.4. The Morgan fingerprint density at radius 3 is 2.90 bits per heavy atom. The molecule has 0 radical (unpaired) electrons. The first-order valence-electron chi connectivity index (χ1n) is 6.12. The molecular formula is C15H9ClN4O. The van der Waals surface area contributed by atoms with Crippen LogP contribution < -0.4 is 0 Å². The van der Waals surface area contributed by atoms with Crippen molar-refractivity contribution in [2.75, 3.05) is 0 Å². The first-order valence-corrected chi connectivity index (χ1v) is 6.49. The Labute approximate surface area is 125 Å². The zero-order valence-electron chi connectivity index (χ0n) is 11.0. The fraction of sp³-hybridized carbons (Fsp3) is 0.0667. The van der Waals surface area contributed by atoms with Gasteiger partial charge in [-0.15, -0.1) is 4.98 Å². The third kappa shape index (κ3) is 2.06. The second-order valence-corrected chi connectivity index (χ2v) is 4.86. The van der Waals surface area contributed by atoms with Crippen molar-refractivity contribution in [3.8, 4) is 11.3 Å². The molecule has 3 heterocycles. The molecule has 0 bridgehead atoms. The summed E-state index contributed by atoms with van der Waals surface area (Å²) >= 11 is 6.22. The van der Waals surface area contributed by atoms with Crippen LogP contribution in [0.5, 0.6) is 0 Å². The minimum atomic E-state index is -0.115. The van der Waals surface area contributed by atoms with E-state index < -0.39 is 0 Å². The van der Waals surface area contributed by atoms with Gasteiger partial charge in [-0.05, 0) is 25.1 Å². The van der Waals surface area contributed by atoms with Gasteiger partial charge in [-0.25, -0.2) is 0 Å². The van der Waals surface area contributed by atoms with E-state index in [4.69, 9.17) is 18.2 Å². The van der Waals surface area contributed by atoms with Gasteiger partial charge in [0.1, 0.15) is 0 Å². The molecule has 0 aliphatic carbocycles. The number of hydrogen-bond donors (Lipinski definition) is 0. The largest absolute Gasteiger partial charge is 0.359 e. The number of hydrogen-bond acceptors (Lipinski definition) is 3. The molecule has 102 valence electrons. The molecule has 5 nitrogen and oxygen atoms in total. The van der Waals surface area contributed by atoms with Gasteiger partial charge in [0, 0.05) is 23.5 Å². The molecule has 21 heavy (non-hydrogen) atoms. The van der Waals surface area contributed by atoms with Crippen molar-refractivity contribution in [2.24, 2.45) is 0 Å². The van der Waals surface area contributed by atoms with Gasteiger partial charge in [0.2, 0.25) is 0 Å². The van der Waals surface area contributed by atoms with Crippen LogP contribution in [0.15, 0.2) is 36.9 Å². The van der Waals surface area contributed by atoms with E-state index in [1.165, 1.54) is 13.3 Å². The fourth-order valence-electron chi connectivity index (χ4n) is 2.27. The summed E-state index contributed by atoms with van der Waals surface area (Å²) in [6, 6.07) is 5.21. The van der Waals surface area contributed by atoms with Gasteiger partial charge in [-0.3, -0.25) is 14.2 Å². The van der Waals surface area contributed by atoms with Crippen LogP contribution in [0.3, 0.4) is 0 Å². The van der Waals surface area contributed by atoms with Gasteiger partial charge in [0.05, 0.1) is 16.2 Å². The number of pyridine rings is 2. The van der Waals surface area contributed by atoms with E-state index in [2.05, 4.69) is 14.8 Å². The summed E-state index contributed by atoms with van der Waals surface area (Å²) in [5.74, 6) is 0.0935. The molecule has 0 N–H and O–H groups in total. The van der Waals surface area contributed by atoms with Crippen LogP contribution in [0.1, 0.15) is 17.3 Å². The van der Waals surface area contributed by atoms with Crippen LogP contribution in [0.4, 0.5) is 5.82 Å². The van der Waals surface area contributed by atoms with E-state index in [1.807, 2.05) is 6.07 Å². The van der Waals surface area contributed by atoms with Crippen molar-refractivity contribution >= 4 is 28.7 Å². The van der Waals surface area contributed by atoms with Crippen molar-refractivity contribution in [3.63, 3.8) is 0 Å². The van der Waals surface area contributed by atoms with E-state index in [0.717, 1.165) is 5.56 Å². The molecule has 0 aromatic carbocycles. The first-order chi connectivity index (χ1) is 10.1. The predicted octanol–water partition coefficient (Wildman–Crippen LogP) is 3.80. The number of ketones is 1. The maximum Gasteiger partial charge on any atom is 0.296 e. The summed E-state index contributed by atoms with van der Waals surface area (Å²) in [7, 11) is 0. The van der Waals surface area contributed by atoms with Gasteiger partial charge in [-0.2, -0.15) is 0 Å². The van der Waals surface area contributed by atoms with E-state index >= 15 is 0 Å². The van der Waals surface area contributed by atoms with E-state index in [1.54, 1.807) is 28.9 Å². The van der Waals surface area contributed by atoms with Crippen LogP contribution in [0.2, 0.25) is 5.02 Å². The number of halogens is 1. The highest BCUT2D eigenvalue weighted by Crippen LogP contribution is 2.34. The van der Waals surface area contributed by atoms with Gasteiger partial charge >= 0.3 is 0 Å². The molecule has 0 fully saturated rings. The van der Waals surface area contributed by atoms with Crippen LogP contribution in [0.25, 0.3) is 21.6 Å². The third-order valence-corrected chi connectivity index (χ3v) is 3.45. The highest BCUT2D eigenvalue weighted by molar-refractivity contribution is 6.35. The molecule has 0 saturated carbocycles.